The first-order valence-electron chi connectivity index (χ1n) is 12.4. The van der Waals surface area contributed by atoms with E-state index in [2.05, 4.69) is 5.32 Å². The summed E-state index contributed by atoms with van der Waals surface area (Å²) < 4.78 is 10.8. The van der Waals surface area contributed by atoms with Crippen molar-refractivity contribution in [3.8, 4) is 11.5 Å². The van der Waals surface area contributed by atoms with Crippen molar-refractivity contribution in [3.63, 3.8) is 0 Å². The summed E-state index contributed by atoms with van der Waals surface area (Å²) in [4.78, 5) is 28.6. The summed E-state index contributed by atoms with van der Waals surface area (Å²) in [6.45, 7) is 2.31. The van der Waals surface area contributed by atoms with Crippen LogP contribution in [0.1, 0.15) is 63.0 Å². The van der Waals surface area contributed by atoms with E-state index in [0.717, 1.165) is 31.2 Å². The van der Waals surface area contributed by atoms with E-state index < -0.39 is 6.04 Å². The van der Waals surface area contributed by atoms with Gasteiger partial charge in [0.1, 0.15) is 6.04 Å². The predicted molar refractivity (Wildman–Crippen MR) is 137 cm³/mol. The molecule has 2 aliphatic rings. The summed E-state index contributed by atoms with van der Waals surface area (Å²) in [7, 11) is 0. The monoisotopic (exact) mass is 518 g/mol. The van der Waals surface area contributed by atoms with E-state index in [-0.39, 0.29) is 37.6 Å². The highest BCUT2D eigenvalue weighted by molar-refractivity contribution is 6.36. The number of ether oxygens (including phenoxy) is 2. The maximum absolute atomic E-state index is 13.6. The second-order valence-corrected chi connectivity index (χ2v) is 9.99. The van der Waals surface area contributed by atoms with Crippen LogP contribution in [-0.2, 0) is 22.6 Å². The minimum absolute atomic E-state index is 0.112. The Balaban J connectivity index is 1.52. The molecule has 0 spiro atoms. The predicted octanol–water partition coefficient (Wildman–Crippen LogP) is 5.91. The molecule has 0 bridgehead atoms. The molecular weight excluding hydrogens is 487 g/mol. The van der Waals surface area contributed by atoms with Crippen LogP contribution in [0, 0.1) is 0 Å². The highest BCUT2D eigenvalue weighted by Crippen LogP contribution is 2.33. The first-order chi connectivity index (χ1) is 17.0. The molecule has 0 radical (unpaired) electrons. The van der Waals surface area contributed by atoms with E-state index >= 15 is 0 Å². The van der Waals surface area contributed by atoms with E-state index in [0.29, 0.717) is 39.9 Å². The molecule has 1 saturated carbocycles. The minimum atomic E-state index is -0.603. The zero-order chi connectivity index (χ0) is 24.8. The van der Waals surface area contributed by atoms with E-state index in [1.54, 1.807) is 23.1 Å². The Morgan fingerprint density at radius 1 is 1.06 bits per heavy atom. The summed E-state index contributed by atoms with van der Waals surface area (Å²) in [5.74, 6) is 1.16. The number of hydrogen-bond donors (Lipinski definition) is 1. The third-order valence-corrected chi connectivity index (χ3v) is 7.50. The van der Waals surface area contributed by atoms with Crippen LogP contribution in [0.25, 0.3) is 0 Å². The van der Waals surface area contributed by atoms with Gasteiger partial charge >= 0.3 is 0 Å². The van der Waals surface area contributed by atoms with Gasteiger partial charge in [0, 0.05) is 34.6 Å². The molecule has 0 saturated heterocycles. The molecule has 1 aliphatic heterocycles. The normalized spacial score (nSPS) is 16.1. The number of amides is 2. The lowest BCUT2D eigenvalue weighted by atomic mass is 9.95. The standard InChI is InChI=1S/C27H32Cl2N2O4/c1-2-23(27(33)30-19-7-4-3-5-8-19)31(16-20-21(28)9-6-10-22(20)29)26(32)14-12-18-11-13-24-25(15-18)35-17-34-24/h6,9-11,13,15,19,23H,2-5,7-8,12,14,16-17H2,1H3,(H,30,33). The number of carbonyl (C=O) groups excluding carboxylic acids is 2. The van der Waals surface area contributed by atoms with Crippen molar-refractivity contribution in [3.05, 3.63) is 57.6 Å². The third-order valence-electron chi connectivity index (χ3n) is 6.79. The van der Waals surface area contributed by atoms with Crippen LogP contribution < -0.4 is 14.8 Å². The molecule has 8 heteroatoms. The topological polar surface area (TPSA) is 67.9 Å². The Labute approximate surface area is 216 Å². The number of aryl methyl sites for hydroxylation is 1. The quantitative estimate of drug-likeness (QED) is 0.447. The lowest BCUT2D eigenvalue weighted by Crippen LogP contribution is -2.51. The van der Waals surface area contributed by atoms with Crippen molar-refractivity contribution >= 4 is 35.0 Å². The lowest BCUT2D eigenvalue weighted by Gasteiger charge is -2.33. The molecule has 1 aliphatic carbocycles. The second kappa shape index (κ2) is 12.0. The molecule has 6 nitrogen and oxygen atoms in total. The lowest BCUT2D eigenvalue weighted by molar-refractivity contribution is -0.141. The molecule has 1 heterocycles. The Bertz CT molecular complexity index is 1040. The minimum Gasteiger partial charge on any atom is -0.454 e. The van der Waals surface area contributed by atoms with Crippen LogP contribution >= 0.6 is 23.2 Å². The maximum Gasteiger partial charge on any atom is 0.243 e. The number of rotatable bonds is 9. The maximum atomic E-state index is 13.6. The fourth-order valence-electron chi connectivity index (χ4n) is 4.81. The first kappa shape index (κ1) is 25.6. The fraction of sp³-hybridized carbons (Fsp3) is 0.481. The Kier molecular flexibility index (Phi) is 8.79. The molecule has 2 amide bonds. The summed E-state index contributed by atoms with van der Waals surface area (Å²) in [5.41, 5.74) is 1.62. The molecule has 188 valence electrons. The van der Waals surface area contributed by atoms with Gasteiger partial charge in [0.15, 0.2) is 11.5 Å². The van der Waals surface area contributed by atoms with Crippen molar-refractivity contribution < 1.29 is 19.1 Å². The van der Waals surface area contributed by atoms with E-state index in [1.807, 2.05) is 25.1 Å². The third kappa shape index (κ3) is 6.42. The molecule has 1 N–H and O–H groups in total. The molecule has 1 unspecified atom stereocenters. The number of nitrogens with zero attached hydrogens (tertiary/aromatic N) is 1. The highest BCUT2D eigenvalue weighted by atomic mass is 35.5. The number of benzene rings is 2. The second-order valence-electron chi connectivity index (χ2n) is 9.18. The summed E-state index contributed by atoms with van der Waals surface area (Å²) in [6.07, 6.45) is 6.67. The van der Waals surface area contributed by atoms with Crippen LogP contribution in [0.3, 0.4) is 0 Å². The van der Waals surface area contributed by atoms with Crippen LogP contribution in [0.15, 0.2) is 36.4 Å². The average molecular weight is 519 g/mol. The van der Waals surface area contributed by atoms with Gasteiger partial charge in [-0.15, -0.1) is 0 Å². The smallest absolute Gasteiger partial charge is 0.243 e. The van der Waals surface area contributed by atoms with Crippen molar-refractivity contribution in [1.82, 2.24) is 10.2 Å². The first-order valence-corrected chi connectivity index (χ1v) is 13.1. The molecule has 2 aromatic carbocycles. The van der Waals surface area contributed by atoms with Gasteiger partial charge in [-0.1, -0.05) is 61.5 Å². The van der Waals surface area contributed by atoms with Gasteiger partial charge < -0.3 is 19.7 Å². The van der Waals surface area contributed by atoms with Gasteiger partial charge in [0.25, 0.3) is 0 Å². The van der Waals surface area contributed by atoms with Crippen LogP contribution in [-0.4, -0.2) is 35.6 Å². The molecular formula is C27H32Cl2N2O4. The molecule has 0 aromatic heterocycles. The van der Waals surface area contributed by atoms with Crippen LogP contribution in [0.2, 0.25) is 10.0 Å². The Morgan fingerprint density at radius 3 is 2.49 bits per heavy atom. The van der Waals surface area contributed by atoms with E-state index in [9.17, 15) is 9.59 Å². The van der Waals surface area contributed by atoms with Crippen molar-refractivity contribution in [1.29, 1.82) is 0 Å². The van der Waals surface area contributed by atoms with Gasteiger partial charge in [-0.3, -0.25) is 9.59 Å². The molecule has 1 fully saturated rings. The zero-order valence-electron chi connectivity index (χ0n) is 20.0. The SMILES string of the molecule is CCC(C(=O)NC1CCCCC1)N(Cc1c(Cl)cccc1Cl)C(=O)CCc1ccc2c(c1)OCO2. The molecule has 2 aromatic rings. The van der Waals surface area contributed by atoms with Crippen molar-refractivity contribution in [2.24, 2.45) is 0 Å². The number of halogens is 2. The summed E-state index contributed by atoms with van der Waals surface area (Å²) in [6, 6.07) is 10.5. The number of hydrogen-bond acceptors (Lipinski definition) is 4. The Morgan fingerprint density at radius 2 is 1.77 bits per heavy atom. The zero-order valence-corrected chi connectivity index (χ0v) is 21.5. The number of fused-ring (bicyclic) bond motifs is 1. The average Bonchev–Trinajstić information content (AvgIpc) is 3.33. The Hall–Kier alpha value is -2.44. The van der Waals surface area contributed by atoms with Gasteiger partial charge in [-0.2, -0.15) is 0 Å². The van der Waals surface area contributed by atoms with Crippen molar-refractivity contribution in [2.45, 2.75) is 76.9 Å². The van der Waals surface area contributed by atoms with Gasteiger partial charge in [-0.25, -0.2) is 0 Å². The highest BCUT2D eigenvalue weighted by Gasteiger charge is 2.31. The molecule has 1 atom stereocenters. The summed E-state index contributed by atoms with van der Waals surface area (Å²) >= 11 is 12.9. The number of nitrogens with one attached hydrogen (secondary N) is 1. The molecule has 35 heavy (non-hydrogen) atoms. The van der Waals surface area contributed by atoms with Crippen molar-refractivity contribution in [2.75, 3.05) is 6.79 Å². The molecule has 4 rings (SSSR count). The number of carbonyl (C=O) groups is 2. The van der Waals surface area contributed by atoms with E-state index in [1.165, 1.54) is 6.42 Å². The van der Waals surface area contributed by atoms with Gasteiger partial charge in [0.2, 0.25) is 18.6 Å². The van der Waals surface area contributed by atoms with Gasteiger partial charge in [0.05, 0.1) is 0 Å². The van der Waals surface area contributed by atoms with Crippen LogP contribution in [0.5, 0.6) is 11.5 Å². The fourth-order valence-corrected chi connectivity index (χ4v) is 5.33. The summed E-state index contributed by atoms with van der Waals surface area (Å²) in [5, 5.41) is 4.15. The van der Waals surface area contributed by atoms with Crippen LogP contribution in [0.4, 0.5) is 0 Å². The van der Waals surface area contributed by atoms with Gasteiger partial charge in [-0.05, 0) is 55.5 Å². The largest absolute Gasteiger partial charge is 0.454 e. The van der Waals surface area contributed by atoms with E-state index in [4.69, 9.17) is 32.7 Å².